The lowest BCUT2D eigenvalue weighted by Crippen LogP contribution is -2.51. The number of hydrogen-bond acceptors (Lipinski definition) is 5. The van der Waals surface area contributed by atoms with Crippen molar-refractivity contribution in [1.82, 2.24) is 19.7 Å². The molecule has 2 unspecified atom stereocenters. The Labute approximate surface area is 138 Å². The number of carboxylic acids is 1. The molecule has 2 atom stereocenters. The molecule has 8 heteroatoms. The fraction of sp³-hybridized carbons (Fsp3) is 0.600. The molecular weight excluding hydrogens is 318 g/mol. The highest BCUT2D eigenvalue weighted by Gasteiger charge is 2.47. The summed E-state index contributed by atoms with van der Waals surface area (Å²) in [6.07, 6.45) is 5.84. The number of carboxylic acid groups (broad SMARTS) is 1. The van der Waals surface area contributed by atoms with Gasteiger partial charge in [-0.05, 0) is 49.1 Å². The zero-order valence-electron chi connectivity index (χ0n) is 12.7. The quantitative estimate of drug-likeness (QED) is 0.836. The van der Waals surface area contributed by atoms with Crippen LogP contribution in [0.1, 0.15) is 25.7 Å². The van der Waals surface area contributed by atoms with E-state index in [9.17, 15) is 9.90 Å². The van der Waals surface area contributed by atoms with Gasteiger partial charge < -0.3 is 10.4 Å². The third-order valence-electron chi connectivity index (χ3n) is 5.37. The summed E-state index contributed by atoms with van der Waals surface area (Å²) in [7, 11) is 1.79. The van der Waals surface area contributed by atoms with E-state index in [1.54, 1.807) is 17.9 Å². The second-order valence-corrected chi connectivity index (χ2v) is 6.89. The van der Waals surface area contributed by atoms with Crippen molar-refractivity contribution in [3.8, 4) is 0 Å². The van der Waals surface area contributed by atoms with Gasteiger partial charge in [0.25, 0.3) is 0 Å². The molecule has 3 aliphatic carbocycles. The van der Waals surface area contributed by atoms with Gasteiger partial charge in [-0.15, -0.1) is 0 Å². The Kier molecular flexibility index (Phi) is 3.41. The van der Waals surface area contributed by atoms with Crippen LogP contribution in [0.4, 0.5) is 5.82 Å². The average molecular weight is 336 g/mol. The topological polar surface area (TPSA) is 92.9 Å². The minimum atomic E-state index is -0.723. The molecule has 3 aliphatic rings. The molecule has 2 bridgehead atoms. The van der Waals surface area contributed by atoms with Crippen LogP contribution in [-0.4, -0.2) is 36.9 Å². The van der Waals surface area contributed by atoms with Crippen LogP contribution in [0.2, 0.25) is 5.28 Å². The average Bonchev–Trinajstić information content (AvgIpc) is 2.89. The van der Waals surface area contributed by atoms with E-state index in [4.69, 9.17) is 11.6 Å². The van der Waals surface area contributed by atoms with Crippen molar-refractivity contribution in [3.63, 3.8) is 0 Å². The second-order valence-electron chi connectivity index (χ2n) is 6.56. The van der Waals surface area contributed by atoms with Crippen molar-refractivity contribution >= 4 is 34.4 Å². The fourth-order valence-electron chi connectivity index (χ4n) is 4.28. The van der Waals surface area contributed by atoms with E-state index < -0.39 is 5.97 Å². The van der Waals surface area contributed by atoms with Crippen LogP contribution in [0.3, 0.4) is 0 Å². The number of carbonyl (C=O) groups is 1. The lowest BCUT2D eigenvalue weighted by Gasteiger charge is -2.47. The number of aryl methyl sites for hydroxylation is 1. The Hall–Kier alpha value is -1.89. The van der Waals surface area contributed by atoms with Crippen molar-refractivity contribution < 1.29 is 9.90 Å². The molecule has 7 nitrogen and oxygen atoms in total. The first-order valence-electron chi connectivity index (χ1n) is 7.89. The summed E-state index contributed by atoms with van der Waals surface area (Å²) < 4.78 is 1.63. The number of halogens is 1. The maximum atomic E-state index is 11.8. The molecule has 23 heavy (non-hydrogen) atoms. The van der Waals surface area contributed by atoms with Gasteiger partial charge >= 0.3 is 5.97 Å². The van der Waals surface area contributed by atoms with Gasteiger partial charge in [0.1, 0.15) is 5.82 Å². The van der Waals surface area contributed by atoms with Crippen LogP contribution in [0.25, 0.3) is 11.0 Å². The van der Waals surface area contributed by atoms with Gasteiger partial charge in [0.2, 0.25) is 5.28 Å². The first-order chi connectivity index (χ1) is 11.0. The number of rotatable bonds is 3. The number of aliphatic carboxylic acids is 1. The van der Waals surface area contributed by atoms with E-state index in [1.165, 1.54) is 0 Å². The molecule has 0 saturated heterocycles. The highest BCUT2D eigenvalue weighted by Crippen LogP contribution is 2.46. The van der Waals surface area contributed by atoms with Crippen molar-refractivity contribution in [1.29, 1.82) is 0 Å². The molecule has 2 heterocycles. The van der Waals surface area contributed by atoms with Gasteiger partial charge in [0.15, 0.2) is 5.65 Å². The summed E-state index contributed by atoms with van der Waals surface area (Å²) in [5.41, 5.74) is 0.639. The third kappa shape index (κ3) is 2.34. The Morgan fingerprint density at radius 2 is 2.00 bits per heavy atom. The van der Waals surface area contributed by atoms with E-state index in [0.717, 1.165) is 31.1 Å². The van der Waals surface area contributed by atoms with Crippen molar-refractivity contribution in [3.05, 3.63) is 11.5 Å². The van der Waals surface area contributed by atoms with Crippen molar-refractivity contribution in [2.24, 2.45) is 24.8 Å². The monoisotopic (exact) mass is 335 g/mol. The molecule has 0 aromatic carbocycles. The van der Waals surface area contributed by atoms with Gasteiger partial charge in [-0.25, -0.2) is 0 Å². The lowest BCUT2D eigenvalue weighted by atomic mass is 9.61. The smallest absolute Gasteiger partial charge is 0.308 e. The van der Waals surface area contributed by atoms with Crippen LogP contribution in [0, 0.1) is 17.8 Å². The molecule has 2 N–H and O–H groups in total. The fourth-order valence-corrected chi connectivity index (χ4v) is 4.44. The van der Waals surface area contributed by atoms with Gasteiger partial charge in [0.05, 0.1) is 17.5 Å². The van der Waals surface area contributed by atoms with Gasteiger partial charge in [-0.1, -0.05) is 0 Å². The SMILES string of the molecule is Cn1ncc2c(NC3C4CCC(CC4)C3C(=O)O)nc(Cl)nc21. The molecular formula is C15H18ClN5O2. The molecule has 5 rings (SSSR count). The second kappa shape index (κ2) is 5.33. The molecule has 0 spiro atoms. The Balaban J connectivity index is 1.73. The molecule has 0 aliphatic heterocycles. The first-order valence-corrected chi connectivity index (χ1v) is 8.27. The van der Waals surface area contributed by atoms with Crippen LogP contribution < -0.4 is 5.32 Å². The first kappa shape index (κ1) is 14.7. The van der Waals surface area contributed by atoms with Crippen LogP contribution >= 0.6 is 11.6 Å². The minimum Gasteiger partial charge on any atom is -0.481 e. The van der Waals surface area contributed by atoms with Gasteiger partial charge in [0, 0.05) is 13.1 Å². The summed E-state index contributed by atoms with van der Waals surface area (Å²) in [6.45, 7) is 0. The highest BCUT2D eigenvalue weighted by atomic mass is 35.5. The van der Waals surface area contributed by atoms with Gasteiger partial charge in [-0.3, -0.25) is 9.48 Å². The molecule has 122 valence electrons. The normalized spacial score (nSPS) is 29.8. The molecule has 3 saturated carbocycles. The number of hydrogen-bond donors (Lipinski definition) is 2. The number of nitrogens with zero attached hydrogens (tertiary/aromatic N) is 4. The van der Waals surface area contributed by atoms with E-state index in [1.807, 2.05) is 0 Å². The lowest BCUT2D eigenvalue weighted by molar-refractivity contribution is -0.148. The summed E-state index contributed by atoms with van der Waals surface area (Å²) in [6, 6.07) is -0.116. The standard InChI is InChI=1S/C15H18ClN5O2/c1-21-13-9(6-17-21)12(19-15(16)20-13)18-11-8-4-2-7(3-5-8)10(11)14(22)23/h6-8,10-11H,2-5H2,1H3,(H,22,23)(H,18,19,20). The van der Waals surface area contributed by atoms with Gasteiger partial charge in [-0.2, -0.15) is 15.1 Å². The summed E-state index contributed by atoms with van der Waals surface area (Å²) >= 11 is 6.03. The summed E-state index contributed by atoms with van der Waals surface area (Å²) in [5.74, 6) is 0.0950. The van der Waals surface area contributed by atoms with Crippen LogP contribution in [0.15, 0.2) is 6.20 Å². The number of aromatic nitrogens is 4. The minimum absolute atomic E-state index is 0.116. The van der Waals surface area contributed by atoms with Crippen LogP contribution in [-0.2, 0) is 11.8 Å². The van der Waals surface area contributed by atoms with Crippen LogP contribution in [0.5, 0.6) is 0 Å². The largest absolute Gasteiger partial charge is 0.481 e. The van der Waals surface area contributed by atoms with E-state index in [-0.39, 0.29) is 23.2 Å². The molecule has 0 radical (unpaired) electrons. The number of nitrogens with one attached hydrogen (secondary N) is 1. The summed E-state index contributed by atoms with van der Waals surface area (Å²) in [4.78, 5) is 20.2. The molecule has 2 aromatic heterocycles. The predicted molar refractivity (Wildman–Crippen MR) is 85.3 cm³/mol. The maximum Gasteiger partial charge on any atom is 0.308 e. The molecule has 2 aromatic rings. The molecule has 0 amide bonds. The molecule has 3 fully saturated rings. The van der Waals surface area contributed by atoms with E-state index >= 15 is 0 Å². The Bertz CT molecular complexity index is 769. The van der Waals surface area contributed by atoms with Crippen molar-refractivity contribution in [2.45, 2.75) is 31.7 Å². The summed E-state index contributed by atoms with van der Waals surface area (Å²) in [5, 5.41) is 18.1. The van der Waals surface area contributed by atoms with E-state index in [0.29, 0.717) is 17.4 Å². The Morgan fingerprint density at radius 3 is 2.70 bits per heavy atom. The highest BCUT2D eigenvalue weighted by molar-refractivity contribution is 6.28. The van der Waals surface area contributed by atoms with E-state index in [2.05, 4.69) is 20.4 Å². The number of anilines is 1. The third-order valence-corrected chi connectivity index (χ3v) is 5.54. The maximum absolute atomic E-state index is 11.8. The van der Waals surface area contributed by atoms with Crippen molar-refractivity contribution in [2.75, 3.05) is 5.32 Å². The predicted octanol–water partition coefficient (Wildman–Crippen LogP) is 2.32. The zero-order valence-corrected chi connectivity index (χ0v) is 13.5. The Morgan fingerprint density at radius 1 is 1.30 bits per heavy atom. The number of fused-ring (bicyclic) bond motifs is 4. The zero-order chi connectivity index (χ0) is 16.1.